The van der Waals surface area contributed by atoms with Gasteiger partial charge in [0.25, 0.3) is 0 Å². The third kappa shape index (κ3) is 2.96. The van der Waals surface area contributed by atoms with Gasteiger partial charge < -0.3 is 10.4 Å². The van der Waals surface area contributed by atoms with E-state index in [1.807, 2.05) is 31.2 Å². The quantitative estimate of drug-likeness (QED) is 0.889. The highest BCUT2D eigenvalue weighted by Crippen LogP contribution is 2.23. The molecule has 20 heavy (non-hydrogen) atoms. The van der Waals surface area contributed by atoms with Crippen molar-refractivity contribution in [3.05, 3.63) is 52.7 Å². The van der Waals surface area contributed by atoms with Crippen molar-refractivity contribution in [3.8, 4) is 0 Å². The minimum atomic E-state index is -0.970. The summed E-state index contributed by atoms with van der Waals surface area (Å²) in [6.07, 6.45) is 0.975. The number of hydrogen-bond acceptors (Lipinski definition) is 3. The van der Waals surface area contributed by atoms with E-state index in [0.29, 0.717) is 11.4 Å². The van der Waals surface area contributed by atoms with E-state index in [0.717, 1.165) is 17.8 Å². The summed E-state index contributed by atoms with van der Waals surface area (Å²) in [5.74, 6) is -0.582. The number of carbonyl (C=O) groups is 1. The van der Waals surface area contributed by atoms with Crippen LogP contribution in [0.3, 0.4) is 0 Å². The molecule has 0 atom stereocenters. The topological polar surface area (TPSA) is 62.2 Å². The first-order chi connectivity index (χ1) is 9.51. The minimum Gasteiger partial charge on any atom is -0.478 e. The molecular weight excluding hydrogens is 252 g/mol. The van der Waals surface area contributed by atoms with Crippen molar-refractivity contribution in [2.45, 2.75) is 27.2 Å². The molecule has 1 aromatic heterocycles. The highest BCUT2D eigenvalue weighted by Gasteiger charge is 2.15. The van der Waals surface area contributed by atoms with Crippen LogP contribution < -0.4 is 5.32 Å². The van der Waals surface area contributed by atoms with Crippen LogP contribution >= 0.6 is 0 Å². The molecule has 2 aromatic rings. The Labute approximate surface area is 118 Å². The maximum Gasteiger partial charge on any atom is 0.339 e. The fourth-order valence-corrected chi connectivity index (χ4v) is 2.16. The molecule has 0 saturated carbocycles. The van der Waals surface area contributed by atoms with Crippen LogP contribution in [-0.2, 0) is 6.42 Å². The van der Waals surface area contributed by atoms with Gasteiger partial charge in [-0.15, -0.1) is 0 Å². The van der Waals surface area contributed by atoms with E-state index in [-0.39, 0.29) is 5.56 Å². The average molecular weight is 270 g/mol. The molecule has 0 aliphatic carbocycles. The van der Waals surface area contributed by atoms with Crippen molar-refractivity contribution in [2.75, 3.05) is 5.32 Å². The van der Waals surface area contributed by atoms with Crippen molar-refractivity contribution in [1.82, 2.24) is 4.98 Å². The number of nitrogens with one attached hydrogen (secondary N) is 1. The van der Waals surface area contributed by atoms with Crippen molar-refractivity contribution in [1.29, 1.82) is 0 Å². The van der Waals surface area contributed by atoms with E-state index in [1.165, 1.54) is 5.56 Å². The summed E-state index contributed by atoms with van der Waals surface area (Å²) < 4.78 is 0. The van der Waals surface area contributed by atoms with E-state index in [4.69, 9.17) is 0 Å². The van der Waals surface area contributed by atoms with Crippen LogP contribution in [0.1, 0.15) is 34.1 Å². The summed E-state index contributed by atoms with van der Waals surface area (Å²) in [5, 5.41) is 12.4. The standard InChI is InChI=1S/C16H18N2O2/c1-4-12-5-7-13(8-6-12)18-15-14(16(19)20)10(2)9-11(3)17-15/h5-9H,4H2,1-3H3,(H,17,18)(H,19,20). The molecule has 2 rings (SSSR count). The SMILES string of the molecule is CCc1ccc(Nc2nc(C)cc(C)c2C(=O)O)cc1. The lowest BCUT2D eigenvalue weighted by Crippen LogP contribution is -2.08. The van der Waals surface area contributed by atoms with Gasteiger partial charge in [-0.05, 0) is 49.6 Å². The second-order valence-corrected chi connectivity index (χ2v) is 4.78. The number of carboxylic acid groups (broad SMARTS) is 1. The number of rotatable bonds is 4. The first-order valence-corrected chi connectivity index (χ1v) is 6.58. The van der Waals surface area contributed by atoms with Crippen LogP contribution in [0.4, 0.5) is 11.5 Å². The zero-order valence-electron chi connectivity index (χ0n) is 11.9. The van der Waals surface area contributed by atoms with E-state index < -0.39 is 5.97 Å². The molecule has 0 amide bonds. The van der Waals surface area contributed by atoms with Crippen molar-refractivity contribution in [3.63, 3.8) is 0 Å². The van der Waals surface area contributed by atoms with Gasteiger partial charge in [-0.25, -0.2) is 9.78 Å². The molecular formula is C16H18N2O2. The summed E-state index contributed by atoms with van der Waals surface area (Å²) in [5.41, 5.74) is 3.79. The number of aromatic carboxylic acids is 1. The monoisotopic (exact) mass is 270 g/mol. The predicted octanol–water partition coefficient (Wildman–Crippen LogP) is 3.70. The summed E-state index contributed by atoms with van der Waals surface area (Å²) >= 11 is 0. The molecule has 0 fully saturated rings. The maximum atomic E-state index is 11.4. The number of nitrogens with zero attached hydrogens (tertiary/aromatic N) is 1. The van der Waals surface area contributed by atoms with Gasteiger partial charge in [-0.1, -0.05) is 19.1 Å². The molecule has 0 radical (unpaired) electrons. The number of pyridine rings is 1. The normalized spacial score (nSPS) is 10.3. The molecule has 0 spiro atoms. The lowest BCUT2D eigenvalue weighted by molar-refractivity contribution is 0.0697. The fraction of sp³-hybridized carbons (Fsp3) is 0.250. The van der Waals surface area contributed by atoms with Crippen molar-refractivity contribution in [2.24, 2.45) is 0 Å². The Morgan fingerprint density at radius 3 is 2.45 bits per heavy atom. The molecule has 0 saturated heterocycles. The number of aryl methyl sites for hydroxylation is 3. The van der Waals surface area contributed by atoms with Crippen LogP contribution in [0, 0.1) is 13.8 Å². The Morgan fingerprint density at radius 2 is 1.90 bits per heavy atom. The molecule has 0 unspecified atom stereocenters. The van der Waals surface area contributed by atoms with E-state index in [2.05, 4.69) is 17.2 Å². The molecule has 0 aliphatic rings. The second kappa shape index (κ2) is 5.74. The largest absolute Gasteiger partial charge is 0.478 e. The van der Waals surface area contributed by atoms with Crippen LogP contribution in [-0.4, -0.2) is 16.1 Å². The van der Waals surface area contributed by atoms with E-state index >= 15 is 0 Å². The van der Waals surface area contributed by atoms with Gasteiger partial charge in [0.05, 0.1) is 0 Å². The fourth-order valence-electron chi connectivity index (χ4n) is 2.16. The third-order valence-electron chi connectivity index (χ3n) is 3.18. The molecule has 0 aliphatic heterocycles. The van der Waals surface area contributed by atoms with Gasteiger partial charge >= 0.3 is 5.97 Å². The second-order valence-electron chi connectivity index (χ2n) is 4.78. The lowest BCUT2D eigenvalue weighted by atomic mass is 10.1. The predicted molar refractivity (Wildman–Crippen MR) is 79.8 cm³/mol. The summed E-state index contributed by atoms with van der Waals surface area (Å²) in [7, 11) is 0. The zero-order valence-corrected chi connectivity index (χ0v) is 11.9. The molecule has 4 nitrogen and oxygen atoms in total. The molecule has 2 N–H and O–H groups in total. The Bertz CT molecular complexity index is 634. The Morgan fingerprint density at radius 1 is 1.25 bits per heavy atom. The highest BCUT2D eigenvalue weighted by atomic mass is 16.4. The number of benzene rings is 1. The summed E-state index contributed by atoms with van der Waals surface area (Å²) in [6, 6.07) is 9.68. The van der Waals surface area contributed by atoms with Gasteiger partial charge in [-0.3, -0.25) is 0 Å². The Kier molecular flexibility index (Phi) is 4.03. The number of anilines is 2. The molecule has 104 valence electrons. The smallest absolute Gasteiger partial charge is 0.339 e. The Hall–Kier alpha value is -2.36. The van der Waals surface area contributed by atoms with Gasteiger partial charge in [0.2, 0.25) is 0 Å². The molecule has 1 heterocycles. The van der Waals surface area contributed by atoms with Crippen molar-refractivity contribution < 1.29 is 9.90 Å². The number of carboxylic acids is 1. The van der Waals surface area contributed by atoms with E-state index in [1.54, 1.807) is 13.0 Å². The van der Waals surface area contributed by atoms with Gasteiger partial charge in [-0.2, -0.15) is 0 Å². The Balaban J connectivity index is 2.39. The first kappa shape index (κ1) is 14.1. The van der Waals surface area contributed by atoms with Crippen LogP contribution in [0.25, 0.3) is 0 Å². The van der Waals surface area contributed by atoms with Gasteiger partial charge in [0, 0.05) is 11.4 Å². The van der Waals surface area contributed by atoms with Crippen LogP contribution in [0.15, 0.2) is 30.3 Å². The summed E-state index contributed by atoms with van der Waals surface area (Å²) in [4.78, 5) is 15.7. The molecule has 1 aromatic carbocycles. The van der Waals surface area contributed by atoms with Gasteiger partial charge in [0.1, 0.15) is 11.4 Å². The summed E-state index contributed by atoms with van der Waals surface area (Å²) in [6.45, 7) is 5.73. The zero-order chi connectivity index (χ0) is 14.7. The first-order valence-electron chi connectivity index (χ1n) is 6.58. The highest BCUT2D eigenvalue weighted by molar-refractivity contribution is 5.95. The number of aromatic nitrogens is 1. The van der Waals surface area contributed by atoms with Crippen LogP contribution in [0.2, 0.25) is 0 Å². The number of hydrogen-bond donors (Lipinski definition) is 2. The maximum absolute atomic E-state index is 11.4. The minimum absolute atomic E-state index is 0.218. The van der Waals surface area contributed by atoms with Crippen molar-refractivity contribution >= 4 is 17.5 Å². The van der Waals surface area contributed by atoms with Gasteiger partial charge in [0.15, 0.2) is 0 Å². The molecule has 0 bridgehead atoms. The van der Waals surface area contributed by atoms with Crippen LogP contribution in [0.5, 0.6) is 0 Å². The van der Waals surface area contributed by atoms with E-state index in [9.17, 15) is 9.90 Å². The third-order valence-corrected chi connectivity index (χ3v) is 3.18. The lowest BCUT2D eigenvalue weighted by Gasteiger charge is -2.12. The molecule has 4 heteroatoms. The average Bonchev–Trinajstić information content (AvgIpc) is 2.38.